The van der Waals surface area contributed by atoms with Crippen LogP contribution in [0.3, 0.4) is 0 Å². The van der Waals surface area contributed by atoms with Crippen molar-refractivity contribution in [2.45, 2.75) is 45.4 Å². The molecule has 0 bridgehead atoms. The van der Waals surface area contributed by atoms with Gasteiger partial charge in [0.25, 0.3) is 0 Å². The summed E-state index contributed by atoms with van der Waals surface area (Å²) < 4.78 is 0.983. The zero-order chi connectivity index (χ0) is 13.1. The smallest absolute Gasteiger partial charge is 0.232 e. The van der Waals surface area contributed by atoms with Crippen molar-refractivity contribution >= 4 is 27.5 Å². The largest absolute Gasteiger partial charge is 0.324 e. The first kappa shape index (κ1) is 13.6. The van der Waals surface area contributed by atoms with Gasteiger partial charge in [-0.15, -0.1) is 0 Å². The average molecular weight is 310 g/mol. The predicted molar refractivity (Wildman–Crippen MR) is 78.8 cm³/mol. The van der Waals surface area contributed by atoms with Crippen molar-refractivity contribution in [3.05, 3.63) is 28.2 Å². The highest BCUT2D eigenvalue weighted by Gasteiger charge is 2.35. The highest BCUT2D eigenvalue weighted by atomic mass is 79.9. The van der Waals surface area contributed by atoms with Gasteiger partial charge in [0.1, 0.15) is 0 Å². The third-order valence-electron chi connectivity index (χ3n) is 3.74. The van der Waals surface area contributed by atoms with Crippen molar-refractivity contribution in [2.24, 2.45) is 5.92 Å². The number of anilines is 1. The van der Waals surface area contributed by atoms with Gasteiger partial charge in [0, 0.05) is 4.47 Å². The average Bonchev–Trinajstić information content (AvgIpc) is 2.67. The summed E-state index contributed by atoms with van der Waals surface area (Å²) in [4.78, 5) is 12.1. The second-order valence-corrected chi connectivity index (χ2v) is 6.00. The van der Waals surface area contributed by atoms with E-state index in [0.29, 0.717) is 5.92 Å². The molecule has 0 saturated heterocycles. The lowest BCUT2D eigenvalue weighted by atomic mass is 9.85. The fourth-order valence-corrected chi connectivity index (χ4v) is 3.20. The third kappa shape index (κ3) is 2.61. The van der Waals surface area contributed by atoms with E-state index in [-0.39, 0.29) is 11.8 Å². The van der Waals surface area contributed by atoms with Crippen molar-refractivity contribution in [2.75, 3.05) is 5.32 Å². The molecule has 2 nitrogen and oxygen atoms in total. The number of carbonyl (C=O) groups excluding carboxylic acids is 1. The van der Waals surface area contributed by atoms with Crippen molar-refractivity contribution in [1.29, 1.82) is 0 Å². The van der Waals surface area contributed by atoms with Crippen LogP contribution in [0, 0.1) is 5.92 Å². The fraction of sp³-hybridized carbons (Fsp3) is 0.533. The Morgan fingerprint density at radius 1 is 1.39 bits per heavy atom. The molecule has 1 heterocycles. The van der Waals surface area contributed by atoms with Crippen LogP contribution in [0.25, 0.3) is 0 Å². The molecule has 18 heavy (non-hydrogen) atoms. The topological polar surface area (TPSA) is 29.1 Å². The van der Waals surface area contributed by atoms with Crippen LogP contribution in [0.4, 0.5) is 5.69 Å². The lowest BCUT2D eigenvalue weighted by Gasteiger charge is -2.17. The van der Waals surface area contributed by atoms with Crippen LogP contribution in [0.1, 0.15) is 51.0 Å². The Bertz CT molecular complexity index is 444. The summed E-state index contributed by atoms with van der Waals surface area (Å²) in [5, 5.41) is 3.00. The molecule has 0 spiro atoms. The van der Waals surface area contributed by atoms with Crippen LogP contribution in [-0.4, -0.2) is 5.91 Å². The molecule has 1 N–H and O–H groups in total. The van der Waals surface area contributed by atoms with E-state index in [4.69, 9.17) is 0 Å². The molecule has 3 heteroatoms. The van der Waals surface area contributed by atoms with Crippen LogP contribution >= 0.6 is 15.9 Å². The number of rotatable bonds is 5. The first-order chi connectivity index (χ1) is 8.65. The molecule has 0 saturated carbocycles. The summed E-state index contributed by atoms with van der Waals surface area (Å²) in [6, 6.07) is 6.05. The normalized spacial score (nSPS) is 19.5. The third-order valence-corrected chi connectivity index (χ3v) is 4.40. The number of amides is 1. The van der Waals surface area contributed by atoms with E-state index in [1.807, 2.05) is 12.1 Å². The monoisotopic (exact) mass is 309 g/mol. The number of nitrogens with one attached hydrogen (secondary N) is 1. The maximum atomic E-state index is 12.1. The summed E-state index contributed by atoms with van der Waals surface area (Å²) in [5.74, 6) is 0.586. The Morgan fingerprint density at radius 3 is 2.89 bits per heavy atom. The molecule has 0 aliphatic carbocycles. The summed E-state index contributed by atoms with van der Waals surface area (Å²) >= 11 is 3.50. The molecule has 98 valence electrons. The van der Waals surface area contributed by atoms with Crippen LogP contribution in [0.2, 0.25) is 0 Å². The number of halogens is 1. The molecule has 2 unspecified atom stereocenters. The van der Waals surface area contributed by atoms with Gasteiger partial charge >= 0.3 is 0 Å². The quantitative estimate of drug-likeness (QED) is 0.785. The number of hydrogen-bond donors (Lipinski definition) is 1. The number of benzene rings is 1. The molecule has 1 aliphatic rings. The van der Waals surface area contributed by atoms with Gasteiger partial charge in [-0.1, -0.05) is 45.2 Å². The van der Waals surface area contributed by atoms with Crippen LogP contribution in [-0.2, 0) is 4.79 Å². The minimum atomic E-state index is 0.0226. The summed E-state index contributed by atoms with van der Waals surface area (Å²) in [6.45, 7) is 4.40. The predicted octanol–water partition coefficient (Wildman–Crippen LogP) is 4.70. The standard InChI is InChI=1S/C15H20BrNO/c1-3-4-5-7-10(2)13-11-8-6-9-12(16)14(11)17-15(13)18/h6,8-10,13H,3-5,7H2,1-2H3,(H,17,18). The number of fused-ring (bicyclic) bond motifs is 1. The molecule has 1 aliphatic heterocycles. The Balaban J connectivity index is 2.15. The van der Waals surface area contributed by atoms with Gasteiger partial charge in [-0.2, -0.15) is 0 Å². The molecule has 1 aromatic rings. The van der Waals surface area contributed by atoms with E-state index in [9.17, 15) is 4.79 Å². The van der Waals surface area contributed by atoms with Crippen molar-refractivity contribution in [3.8, 4) is 0 Å². The van der Waals surface area contributed by atoms with Crippen LogP contribution in [0.15, 0.2) is 22.7 Å². The van der Waals surface area contributed by atoms with Crippen molar-refractivity contribution in [3.63, 3.8) is 0 Å². The first-order valence-corrected chi connectivity index (χ1v) is 7.53. The second kappa shape index (κ2) is 5.87. The van der Waals surface area contributed by atoms with Crippen molar-refractivity contribution < 1.29 is 4.79 Å². The lowest BCUT2D eigenvalue weighted by Crippen LogP contribution is -2.18. The van der Waals surface area contributed by atoms with Gasteiger partial charge in [0.15, 0.2) is 0 Å². The minimum absolute atomic E-state index is 0.0226. The Hall–Kier alpha value is -0.830. The minimum Gasteiger partial charge on any atom is -0.324 e. The summed E-state index contributed by atoms with van der Waals surface area (Å²) in [5.41, 5.74) is 2.12. The zero-order valence-corrected chi connectivity index (χ0v) is 12.6. The number of para-hydroxylation sites is 1. The van der Waals surface area contributed by atoms with Gasteiger partial charge in [-0.25, -0.2) is 0 Å². The summed E-state index contributed by atoms with van der Waals surface area (Å²) in [7, 11) is 0. The van der Waals surface area contributed by atoms with Gasteiger partial charge < -0.3 is 5.32 Å². The Kier molecular flexibility index (Phi) is 4.44. The van der Waals surface area contributed by atoms with E-state index in [2.05, 4.69) is 41.2 Å². The Labute approximate surface area is 117 Å². The molecule has 1 aromatic carbocycles. The van der Waals surface area contributed by atoms with Crippen LogP contribution < -0.4 is 5.32 Å². The van der Waals surface area contributed by atoms with Crippen molar-refractivity contribution in [1.82, 2.24) is 0 Å². The Morgan fingerprint density at radius 2 is 2.17 bits per heavy atom. The highest BCUT2D eigenvalue weighted by Crippen LogP contribution is 2.42. The van der Waals surface area contributed by atoms with E-state index in [0.717, 1.165) is 22.1 Å². The highest BCUT2D eigenvalue weighted by molar-refractivity contribution is 9.10. The fourth-order valence-electron chi connectivity index (χ4n) is 2.72. The zero-order valence-electron chi connectivity index (χ0n) is 11.0. The molecule has 2 rings (SSSR count). The molecule has 0 fully saturated rings. The lowest BCUT2D eigenvalue weighted by molar-refractivity contribution is -0.118. The first-order valence-electron chi connectivity index (χ1n) is 6.74. The molecular formula is C15H20BrNO. The second-order valence-electron chi connectivity index (χ2n) is 5.14. The molecule has 0 radical (unpaired) electrons. The van der Waals surface area contributed by atoms with E-state index in [1.165, 1.54) is 19.3 Å². The van der Waals surface area contributed by atoms with Gasteiger partial charge in [-0.3, -0.25) is 4.79 Å². The van der Waals surface area contributed by atoms with Gasteiger partial charge in [-0.05, 0) is 39.9 Å². The summed E-state index contributed by atoms with van der Waals surface area (Å²) in [6.07, 6.45) is 4.82. The van der Waals surface area contributed by atoms with E-state index < -0.39 is 0 Å². The number of carbonyl (C=O) groups is 1. The maximum absolute atomic E-state index is 12.1. The van der Waals surface area contributed by atoms with Gasteiger partial charge in [0.2, 0.25) is 5.91 Å². The van der Waals surface area contributed by atoms with Gasteiger partial charge in [0.05, 0.1) is 11.6 Å². The number of hydrogen-bond acceptors (Lipinski definition) is 1. The molecule has 1 amide bonds. The molecule has 0 aromatic heterocycles. The molecular weight excluding hydrogens is 290 g/mol. The van der Waals surface area contributed by atoms with Crippen LogP contribution in [0.5, 0.6) is 0 Å². The number of unbranched alkanes of at least 4 members (excludes halogenated alkanes) is 2. The van der Waals surface area contributed by atoms with E-state index >= 15 is 0 Å². The SMILES string of the molecule is CCCCCC(C)C1C(=O)Nc2c(Br)cccc21. The van der Waals surface area contributed by atoms with E-state index in [1.54, 1.807) is 0 Å². The maximum Gasteiger partial charge on any atom is 0.232 e. The molecule has 2 atom stereocenters.